The molecule has 0 spiro atoms. The minimum atomic E-state index is -0.592. The lowest BCUT2D eigenvalue weighted by molar-refractivity contribution is -0.385. The predicted octanol–water partition coefficient (Wildman–Crippen LogP) is 2.95. The molecule has 4 rings (SSSR count). The quantitative estimate of drug-likeness (QED) is 0.433. The van der Waals surface area contributed by atoms with E-state index >= 15 is 0 Å². The summed E-state index contributed by atoms with van der Waals surface area (Å²) in [6.07, 6.45) is 1.28. The summed E-state index contributed by atoms with van der Waals surface area (Å²) in [6.45, 7) is 0.647. The topological polar surface area (TPSA) is 108 Å². The van der Waals surface area contributed by atoms with Gasteiger partial charge in [-0.15, -0.1) is 0 Å². The summed E-state index contributed by atoms with van der Waals surface area (Å²) < 4.78 is 16.0. The van der Waals surface area contributed by atoms with Gasteiger partial charge in [0.15, 0.2) is 6.79 Å². The van der Waals surface area contributed by atoms with Crippen LogP contribution < -0.4 is 9.64 Å². The highest BCUT2D eigenvalue weighted by Gasteiger charge is 2.24. The second-order valence-electron chi connectivity index (χ2n) is 6.74. The molecular formula is C20H18N2O7. The van der Waals surface area contributed by atoms with Crippen LogP contribution in [-0.4, -0.2) is 30.1 Å². The van der Waals surface area contributed by atoms with Crippen LogP contribution in [0, 0.1) is 10.1 Å². The average molecular weight is 398 g/mol. The van der Waals surface area contributed by atoms with Crippen LogP contribution in [0.25, 0.3) is 0 Å². The average Bonchev–Trinajstić information content (AvgIpc) is 3.17. The van der Waals surface area contributed by atoms with E-state index in [1.165, 1.54) is 12.1 Å². The minimum absolute atomic E-state index is 0.0255. The van der Waals surface area contributed by atoms with Crippen molar-refractivity contribution in [2.24, 2.45) is 0 Å². The monoisotopic (exact) mass is 398 g/mol. The van der Waals surface area contributed by atoms with E-state index in [9.17, 15) is 19.7 Å². The number of amides is 1. The third-order valence-corrected chi connectivity index (χ3v) is 4.81. The molecule has 2 aliphatic heterocycles. The van der Waals surface area contributed by atoms with E-state index in [-0.39, 0.29) is 31.6 Å². The second-order valence-corrected chi connectivity index (χ2v) is 6.74. The van der Waals surface area contributed by atoms with Crippen LogP contribution in [0.3, 0.4) is 0 Å². The third kappa shape index (κ3) is 3.90. The summed E-state index contributed by atoms with van der Waals surface area (Å²) in [5, 5.41) is 11.2. The highest BCUT2D eigenvalue weighted by atomic mass is 16.7. The number of rotatable bonds is 5. The Balaban J connectivity index is 1.52. The molecule has 2 aliphatic rings. The van der Waals surface area contributed by atoms with Crippen LogP contribution in [0.15, 0.2) is 36.4 Å². The first-order valence-corrected chi connectivity index (χ1v) is 9.11. The molecule has 1 amide bonds. The SMILES string of the molecule is O=C(OCc1cc([N+](=O)[O-])cc2c1OCOC2)c1cccc(N2CCCC2=O)c1. The van der Waals surface area contributed by atoms with Gasteiger partial charge in [0.25, 0.3) is 5.69 Å². The Morgan fingerprint density at radius 2 is 2.14 bits per heavy atom. The highest BCUT2D eigenvalue weighted by Crippen LogP contribution is 2.33. The summed E-state index contributed by atoms with van der Waals surface area (Å²) in [5.74, 6) is -0.130. The fourth-order valence-corrected chi connectivity index (χ4v) is 3.44. The van der Waals surface area contributed by atoms with Gasteiger partial charge < -0.3 is 19.1 Å². The number of fused-ring (bicyclic) bond motifs is 1. The second kappa shape index (κ2) is 7.88. The van der Waals surface area contributed by atoms with Crippen LogP contribution in [0.5, 0.6) is 5.75 Å². The largest absolute Gasteiger partial charge is 0.467 e. The molecule has 0 bridgehead atoms. The molecule has 9 heteroatoms. The number of carbonyl (C=O) groups excluding carboxylic acids is 2. The molecule has 0 unspecified atom stereocenters. The first-order valence-electron chi connectivity index (χ1n) is 9.11. The summed E-state index contributed by atoms with van der Waals surface area (Å²) >= 11 is 0. The van der Waals surface area contributed by atoms with Crippen molar-refractivity contribution in [2.75, 3.05) is 18.2 Å². The van der Waals surface area contributed by atoms with E-state index in [0.717, 1.165) is 6.42 Å². The van der Waals surface area contributed by atoms with Crippen molar-refractivity contribution in [1.29, 1.82) is 0 Å². The van der Waals surface area contributed by atoms with Gasteiger partial charge in [-0.2, -0.15) is 0 Å². The first kappa shape index (κ1) is 18.9. The van der Waals surface area contributed by atoms with Gasteiger partial charge in [-0.3, -0.25) is 14.9 Å². The molecule has 2 aromatic rings. The maximum atomic E-state index is 12.5. The van der Waals surface area contributed by atoms with Crippen LogP contribution >= 0.6 is 0 Å². The lowest BCUT2D eigenvalue weighted by Gasteiger charge is -2.20. The lowest BCUT2D eigenvalue weighted by atomic mass is 10.1. The molecule has 0 atom stereocenters. The van der Waals surface area contributed by atoms with Crippen molar-refractivity contribution in [3.8, 4) is 5.75 Å². The molecule has 1 fully saturated rings. The first-order chi connectivity index (χ1) is 14.0. The zero-order chi connectivity index (χ0) is 20.4. The number of esters is 1. The number of nitro benzene ring substituents is 1. The number of nitro groups is 1. The van der Waals surface area contributed by atoms with E-state index in [1.54, 1.807) is 29.2 Å². The molecule has 9 nitrogen and oxygen atoms in total. The Labute approximate surface area is 165 Å². The van der Waals surface area contributed by atoms with E-state index in [4.69, 9.17) is 14.2 Å². The minimum Gasteiger partial charge on any atom is -0.467 e. The summed E-state index contributed by atoms with van der Waals surface area (Å²) in [4.78, 5) is 36.7. The van der Waals surface area contributed by atoms with Crippen LogP contribution in [0.1, 0.15) is 34.3 Å². The van der Waals surface area contributed by atoms with Gasteiger partial charge >= 0.3 is 5.97 Å². The number of carbonyl (C=O) groups is 2. The van der Waals surface area contributed by atoms with E-state index < -0.39 is 10.9 Å². The van der Waals surface area contributed by atoms with Gasteiger partial charge in [0.2, 0.25) is 5.91 Å². The molecule has 0 aromatic heterocycles. The Bertz CT molecular complexity index is 989. The van der Waals surface area contributed by atoms with Crippen LogP contribution in [0.4, 0.5) is 11.4 Å². The third-order valence-electron chi connectivity index (χ3n) is 4.81. The van der Waals surface area contributed by atoms with Gasteiger partial charge in [-0.25, -0.2) is 4.79 Å². The molecule has 150 valence electrons. The number of hydrogen-bond acceptors (Lipinski definition) is 7. The molecule has 0 saturated carbocycles. The lowest BCUT2D eigenvalue weighted by Crippen LogP contribution is -2.23. The molecule has 1 saturated heterocycles. The Morgan fingerprint density at radius 3 is 2.90 bits per heavy atom. The Kier molecular flexibility index (Phi) is 5.13. The number of anilines is 1. The highest BCUT2D eigenvalue weighted by molar-refractivity contribution is 5.97. The summed E-state index contributed by atoms with van der Waals surface area (Å²) in [6, 6.07) is 9.38. The molecular weight excluding hydrogens is 380 g/mol. The van der Waals surface area contributed by atoms with Crippen molar-refractivity contribution in [2.45, 2.75) is 26.1 Å². The predicted molar refractivity (Wildman–Crippen MR) is 101 cm³/mol. The standard InChI is InChI=1S/C20H18N2O7/c23-18-5-2-6-21(18)16-4-1-3-13(7-16)20(24)28-11-15-9-17(22(25)26)8-14-10-27-12-29-19(14)15/h1,3-4,7-9H,2,5-6,10-12H2. The van der Waals surface area contributed by atoms with Crippen molar-refractivity contribution in [1.82, 2.24) is 0 Å². The zero-order valence-corrected chi connectivity index (χ0v) is 15.5. The van der Waals surface area contributed by atoms with Gasteiger partial charge in [0.1, 0.15) is 12.4 Å². The molecule has 0 N–H and O–H groups in total. The maximum Gasteiger partial charge on any atom is 0.338 e. The molecule has 2 heterocycles. The van der Waals surface area contributed by atoms with Crippen LogP contribution in [-0.2, 0) is 27.5 Å². The molecule has 0 radical (unpaired) electrons. The van der Waals surface area contributed by atoms with Crippen molar-refractivity contribution >= 4 is 23.3 Å². The number of benzene rings is 2. The molecule has 29 heavy (non-hydrogen) atoms. The summed E-state index contributed by atoms with van der Waals surface area (Å²) in [7, 11) is 0. The smallest absolute Gasteiger partial charge is 0.338 e. The number of nitrogens with zero attached hydrogens (tertiary/aromatic N) is 2. The normalized spacial score (nSPS) is 15.6. The van der Waals surface area contributed by atoms with Gasteiger partial charge in [0.05, 0.1) is 17.1 Å². The fraction of sp³-hybridized carbons (Fsp3) is 0.300. The zero-order valence-electron chi connectivity index (χ0n) is 15.5. The Hall–Kier alpha value is -3.46. The van der Waals surface area contributed by atoms with E-state index in [0.29, 0.717) is 41.1 Å². The number of non-ortho nitro benzene ring substituents is 1. The number of hydrogen-bond donors (Lipinski definition) is 0. The summed E-state index contributed by atoms with van der Waals surface area (Å²) in [5.41, 5.74) is 1.75. The fourth-order valence-electron chi connectivity index (χ4n) is 3.44. The van der Waals surface area contributed by atoms with Gasteiger partial charge in [-0.1, -0.05) is 6.07 Å². The van der Waals surface area contributed by atoms with E-state index in [1.807, 2.05) is 0 Å². The van der Waals surface area contributed by atoms with Crippen LogP contribution in [0.2, 0.25) is 0 Å². The molecule has 0 aliphatic carbocycles. The van der Waals surface area contributed by atoms with Gasteiger partial charge in [0, 0.05) is 41.9 Å². The number of ether oxygens (including phenoxy) is 3. The van der Waals surface area contributed by atoms with Crippen molar-refractivity contribution < 1.29 is 28.7 Å². The maximum absolute atomic E-state index is 12.5. The van der Waals surface area contributed by atoms with Crippen molar-refractivity contribution in [3.63, 3.8) is 0 Å². The Morgan fingerprint density at radius 1 is 1.28 bits per heavy atom. The van der Waals surface area contributed by atoms with Crippen molar-refractivity contribution in [3.05, 3.63) is 63.2 Å². The van der Waals surface area contributed by atoms with E-state index in [2.05, 4.69) is 0 Å². The molecule has 2 aromatic carbocycles. The van der Waals surface area contributed by atoms with Gasteiger partial charge in [-0.05, 0) is 24.6 Å².